The molecule has 2 aliphatic rings. The highest BCUT2D eigenvalue weighted by molar-refractivity contribution is 5.11. The van der Waals surface area contributed by atoms with Crippen LogP contribution in [0.3, 0.4) is 0 Å². The third-order valence-corrected chi connectivity index (χ3v) is 2.60. The molecule has 1 N–H and O–H groups in total. The summed E-state index contributed by atoms with van der Waals surface area (Å²) in [5.41, 5.74) is 1.66. The minimum atomic E-state index is 0.954. The van der Waals surface area contributed by atoms with Crippen molar-refractivity contribution in [3.8, 4) is 0 Å². The smallest absolute Gasteiger partial charge is 0.0165 e. The van der Waals surface area contributed by atoms with Gasteiger partial charge in [0.2, 0.25) is 0 Å². The average molecular weight is 137 g/mol. The Morgan fingerprint density at radius 2 is 2.30 bits per heavy atom. The van der Waals surface area contributed by atoms with Gasteiger partial charge in [-0.15, -0.1) is 0 Å². The van der Waals surface area contributed by atoms with Crippen LogP contribution in [0.4, 0.5) is 0 Å². The maximum Gasteiger partial charge on any atom is 0.0165 e. The van der Waals surface area contributed by atoms with Crippen LogP contribution in [0.1, 0.15) is 25.7 Å². The van der Waals surface area contributed by atoms with Crippen LogP contribution in [0.5, 0.6) is 0 Å². The van der Waals surface area contributed by atoms with Gasteiger partial charge in [0.05, 0.1) is 0 Å². The summed E-state index contributed by atoms with van der Waals surface area (Å²) < 4.78 is 0. The maximum absolute atomic E-state index is 3.36. The van der Waals surface area contributed by atoms with Crippen molar-refractivity contribution >= 4 is 0 Å². The Balaban J connectivity index is 1.88. The molecule has 0 radical (unpaired) electrons. The van der Waals surface area contributed by atoms with Crippen LogP contribution in [-0.2, 0) is 0 Å². The van der Waals surface area contributed by atoms with Gasteiger partial charge in [-0.3, -0.25) is 0 Å². The number of hydrogen-bond acceptors (Lipinski definition) is 1. The van der Waals surface area contributed by atoms with E-state index in [0.717, 1.165) is 12.5 Å². The Morgan fingerprint density at radius 3 is 2.80 bits per heavy atom. The lowest BCUT2D eigenvalue weighted by Crippen LogP contribution is -2.09. The van der Waals surface area contributed by atoms with Gasteiger partial charge < -0.3 is 5.32 Å². The van der Waals surface area contributed by atoms with E-state index in [2.05, 4.69) is 11.4 Å². The fourth-order valence-electron chi connectivity index (χ4n) is 1.67. The molecule has 0 atom stereocenters. The molecule has 10 heavy (non-hydrogen) atoms. The first-order chi connectivity index (χ1) is 4.95. The minimum absolute atomic E-state index is 0.954. The maximum atomic E-state index is 3.36. The van der Waals surface area contributed by atoms with Crippen molar-refractivity contribution in [3.05, 3.63) is 11.6 Å². The molecule has 0 amide bonds. The molecule has 1 aliphatic carbocycles. The second-order valence-corrected chi connectivity index (χ2v) is 3.44. The van der Waals surface area contributed by atoms with Gasteiger partial charge >= 0.3 is 0 Å². The van der Waals surface area contributed by atoms with Crippen LogP contribution >= 0.6 is 0 Å². The van der Waals surface area contributed by atoms with E-state index < -0.39 is 0 Å². The first-order valence-electron chi connectivity index (χ1n) is 4.35. The Bertz CT molecular complexity index is 137. The molecular weight excluding hydrogens is 122 g/mol. The summed E-state index contributed by atoms with van der Waals surface area (Å²) in [6.45, 7) is 2.37. The van der Waals surface area contributed by atoms with Crippen molar-refractivity contribution in [2.24, 2.45) is 5.92 Å². The van der Waals surface area contributed by atoms with Crippen LogP contribution < -0.4 is 5.32 Å². The molecule has 1 nitrogen and oxygen atoms in total. The van der Waals surface area contributed by atoms with Crippen LogP contribution in [0.25, 0.3) is 0 Å². The molecule has 0 spiro atoms. The number of nitrogens with one attached hydrogen (secondary N) is 1. The van der Waals surface area contributed by atoms with Crippen molar-refractivity contribution in [2.45, 2.75) is 25.7 Å². The Morgan fingerprint density at radius 1 is 1.40 bits per heavy atom. The van der Waals surface area contributed by atoms with E-state index in [4.69, 9.17) is 0 Å². The van der Waals surface area contributed by atoms with Crippen molar-refractivity contribution in [3.63, 3.8) is 0 Å². The molecule has 1 heteroatoms. The van der Waals surface area contributed by atoms with Gasteiger partial charge in [0.25, 0.3) is 0 Å². The topological polar surface area (TPSA) is 12.0 Å². The fourth-order valence-corrected chi connectivity index (χ4v) is 1.67. The number of hydrogen-bond donors (Lipinski definition) is 1. The molecule has 1 saturated carbocycles. The monoisotopic (exact) mass is 137 g/mol. The summed E-state index contributed by atoms with van der Waals surface area (Å²) in [7, 11) is 0. The molecule has 56 valence electrons. The Hall–Kier alpha value is -0.300. The summed E-state index contributed by atoms with van der Waals surface area (Å²) in [5, 5.41) is 3.36. The van der Waals surface area contributed by atoms with Crippen molar-refractivity contribution in [1.29, 1.82) is 0 Å². The van der Waals surface area contributed by atoms with Crippen LogP contribution in [-0.4, -0.2) is 13.1 Å². The molecule has 0 aromatic rings. The second-order valence-electron chi connectivity index (χ2n) is 3.44. The van der Waals surface area contributed by atoms with E-state index in [1.54, 1.807) is 5.57 Å². The zero-order valence-corrected chi connectivity index (χ0v) is 6.40. The molecule has 0 unspecified atom stereocenters. The first-order valence-corrected chi connectivity index (χ1v) is 4.35. The van der Waals surface area contributed by atoms with Gasteiger partial charge in [0, 0.05) is 6.54 Å². The zero-order chi connectivity index (χ0) is 6.81. The highest BCUT2D eigenvalue weighted by atomic mass is 14.9. The fraction of sp³-hybridized carbons (Fsp3) is 0.778. The number of allylic oxidation sites excluding steroid dienone is 1. The molecule has 1 saturated heterocycles. The van der Waals surface area contributed by atoms with Gasteiger partial charge in [-0.1, -0.05) is 18.1 Å². The lowest BCUT2D eigenvalue weighted by Gasteiger charge is -2.22. The summed E-state index contributed by atoms with van der Waals surface area (Å²) in [4.78, 5) is 0. The third kappa shape index (κ3) is 1.24. The van der Waals surface area contributed by atoms with Gasteiger partial charge in [0.15, 0.2) is 0 Å². The zero-order valence-electron chi connectivity index (χ0n) is 6.40. The van der Waals surface area contributed by atoms with Gasteiger partial charge in [-0.05, 0) is 31.7 Å². The SMILES string of the molecule is C(=C1CCNC1)C1CCC1. The Kier molecular flexibility index (Phi) is 1.76. The highest BCUT2D eigenvalue weighted by Gasteiger charge is 2.16. The predicted octanol–water partition coefficient (Wildman–Crippen LogP) is 1.71. The van der Waals surface area contributed by atoms with Gasteiger partial charge in [0.1, 0.15) is 0 Å². The van der Waals surface area contributed by atoms with E-state index in [0.29, 0.717) is 0 Å². The average Bonchev–Trinajstić information content (AvgIpc) is 2.29. The summed E-state index contributed by atoms with van der Waals surface area (Å²) in [6, 6.07) is 0. The largest absolute Gasteiger partial charge is 0.313 e. The second kappa shape index (κ2) is 2.75. The lowest BCUT2D eigenvalue weighted by molar-refractivity contribution is 0.385. The summed E-state index contributed by atoms with van der Waals surface area (Å²) in [5.74, 6) is 0.954. The summed E-state index contributed by atoms with van der Waals surface area (Å²) in [6.07, 6.45) is 8.16. The van der Waals surface area contributed by atoms with Crippen molar-refractivity contribution < 1.29 is 0 Å². The van der Waals surface area contributed by atoms with E-state index in [1.807, 2.05) is 0 Å². The van der Waals surface area contributed by atoms with E-state index >= 15 is 0 Å². The normalized spacial score (nSPS) is 31.0. The van der Waals surface area contributed by atoms with Crippen LogP contribution in [0.15, 0.2) is 11.6 Å². The van der Waals surface area contributed by atoms with E-state index in [9.17, 15) is 0 Å². The molecule has 1 heterocycles. The van der Waals surface area contributed by atoms with Crippen LogP contribution in [0.2, 0.25) is 0 Å². The van der Waals surface area contributed by atoms with Crippen LogP contribution in [0, 0.1) is 5.92 Å². The van der Waals surface area contributed by atoms with Gasteiger partial charge in [-0.25, -0.2) is 0 Å². The summed E-state index contributed by atoms with van der Waals surface area (Å²) >= 11 is 0. The quantitative estimate of drug-likeness (QED) is 0.542. The predicted molar refractivity (Wildman–Crippen MR) is 42.9 cm³/mol. The molecule has 0 bridgehead atoms. The minimum Gasteiger partial charge on any atom is -0.313 e. The highest BCUT2D eigenvalue weighted by Crippen LogP contribution is 2.29. The molecule has 2 fully saturated rings. The van der Waals surface area contributed by atoms with Crippen molar-refractivity contribution in [2.75, 3.05) is 13.1 Å². The van der Waals surface area contributed by atoms with E-state index in [1.165, 1.54) is 32.2 Å². The third-order valence-electron chi connectivity index (χ3n) is 2.60. The molecule has 0 aromatic carbocycles. The molecule has 0 aromatic heterocycles. The molecular formula is C9H15N. The lowest BCUT2D eigenvalue weighted by atomic mass is 9.84. The van der Waals surface area contributed by atoms with Crippen molar-refractivity contribution in [1.82, 2.24) is 5.32 Å². The van der Waals surface area contributed by atoms with E-state index in [-0.39, 0.29) is 0 Å². The molecule has 2 rings (SSSR count). The molecule has 1 aliphatic heterocycles. The standard InChI is InChI=1S/C9H15N/c1-2-8(3-1)6-9-4-5-10-7-9/h6,8,10H,1-5,7H2. The van der Waals surface area contributed by atoms with Gasteiger partial charge in [-0.2, -0.15) is 0 Å². The first kappa shape index (κ1) is 6.41. The Labute approximate surface area is 62.5 Å². The number of rotatable bonds is 1.